The highest BCUT2D eigenvalue weighted by atomic mass is 14.9. The minimum absolute atomic E-state index is 1.27. The third-order valence-electron chi connectivity index (χ3n) is 3.69. The summed E-state index contributed by atoms with van der Waals surface area (Å²) in [7, 11) is 2.09. The summed E-state index contributed by atoms with van der Waals surface area (Å²) >= 11 is 0. The molecule has 1 aromatic heterocycles. The van der Waals surface area contributed by atoms with Gasteiger partial charge in [-0.25, -0.2) is 0 Å². The van der Waals surface area contributed by atoms with Crippen LogP contribution < -0.4 is 0 Å². The Bertz CT molecular complexity index is 693. The molecule has 2 aromatic carbocycles. The molecule has 0 aliphatic heterocycles. The zero-order valence-corrected chi connectivity index (χ0v) is 11.3. The predicted octanol–water partition coefficient (Wildman–Crippen LogP) is 4.67. The fourth-order valence-corrected chi connectivity index (χ4v) is 2.48. The van der Waals surface area contributed by atoms with Crippen LogP contribution in [0.4, 0.5) is 0 Å². The van der Waals surface area contributed by atoms with Gasteiger partial charge in [0.05, 0.1) is 0 Å². The maximum atomic E-state index is 2.20. The van der Waals surface area contributed by atoms with Crippen molar-refractivity contribution in [3.05, 3.63) is 72.6 Å². The first-order chi connectivity index (χ1) is 9.27. The van der Waals surface area contributed by atoms with Crippen molar-refractivity contribution in [1.29, 1.82) is 0 Å². The zero-order chi connectivity index (χ0) is 13.2. The van der Waals surface area contributed by atoms with E-state index < -0.39 is 0 Å². The molecule has 0 aliphatic rings. The minimum atomic E-state index is 1.27. The molecule has 3 rings (SSSR count). The molecule has 19 heavy (non-hydrogen) atoms. The van der Waals surface area contributed by atoms with E-state index in [1.54, 1.807) is 0 Å². The Morgan fingerprint density at radius 2 is 1.32 bits per heavy atom. The van der Waals surface area contributed by atoms with E-state index in [1.807, 2.05) is 0 Å². The highest BCUT2D eigenvalue weighted by molar-refractivity contribution is 5.84. The molecule has 0 fully saturated rings. The summed E-state index contributed by atoms with van der Waals surface area (Å²) in [5.41, 5.74) is 6.45. The normalized spacial score (nSPS) is 10.6. The lowest BCUT2D eigenvalue weighted by Crippen LogP contribution is -1.90. The van der Waals surface area contributed by atoms with E-state index in [0.29, 0.717) is 0 Å². The van der Waals surface area contributed by atoms with Crippen molar-refractivity contribution in [2.45, 2.75) is 6.92 Å². The van der Waals surface area contributed by atoms with Gasteiger partial charge in [0.25, 0.3) is 0 Å². The van der Waals surface area contributed by atoms with Crippen LogP contribution in [-0.2, 0) is 7.05 Å². The molecule has 0 N–H and O–H groups in total. The van der Waals surface area contributed by atoms with Gasteiger partial charge in [-0.2, -0.15) is 0 Å². The minimum Gasteiger partial charge on any atom is -0.354 e. The quantitative estimate of drug-likeness (QED) is 0.620. The second-order valence-electron chi connectivity index (χ2n) is 4.84. The topological polar surface area (TPSA) is 4.93 Å². The van der Waals surface area contributed by atoms with Crippen LogP contribution in [-0.4, -0.2) is 4.57 Å². The highest BCUT2D eigenvalue weighted by Gasteiger charge is 2.10. The van der Waals surface area contributed by atoms with Crippen LogP contribution in [0.5, 0.6) is 0 Å². The summed E-state index contributed by atoms with van der Waals surface area (Å²) in [6.45, 7) is 2.16. The average Bonchev–Trinajstić information content (AvgIpc) is 2.80. The van der Waals surface area contributed by atoms with Gasteiger partial charge >= 0.3 is 0 Å². The largest absolute Gasteiger partial charge is 0.354 e. The summed E-state index contributed by atoms with van der Waals surface area (Å²) in [4.78, 5) is 0. The lowest BCUT2D eigenvalue weighted by Gasteiger charge is -2.10. The fraction of sp³-hybridized carbons (Fsp3) is 0.111. The van der Waals surface area contributed by atoms with Gasteiger partial charge in [-0.3, -0.25) is 0 Å². The van der Waals surface area contributed by atoms with Gasteiger partial charge in [-0.15, -0.1) is 0 Å². The van der Waals surface area contributed by atoms with Crippen LogP contribution in [0.2, 0.25) is 0 Å². The van der Waals surface area contributed by atoms with Crippen molar-refractivity contribution >= 4 is 0 Å². The van der Waals surface area contributed by atoms with Crippen molar-refractivity contribution in [3.63, 3.8) is 0 Å². The molecule has 0 aliphatic carbocycles. The fourth-order valence-electron chi connectivity index (χ4n) is 2.48. The highest BCUT2D eigenvalue weighted by Crippen LogP contribution is 2.33. The summed E-state index contributed by atoms with van der Waals surface area (Å²) in [5.74, 6) is 0. The molecule has 1 nitrogen and oxygen atoms in total. The molecule has 0 saturated carbocycles. The Kier molecular flexibility index (Phi) is 2.96. The SMILES string of the molecule is Cc1c(-c2ccccc2-c2ccccc2)ccn1C. The van der Waals surface area contributed by atoms with E-state index in [-0.39, 0.29) is 0 Å². The number of aryl methyl sites for hydroxylation is 1. The first-order valence-electron chi connectivity index (χ1n) is 6.54. The van der Waals surface area contributed by atoms with Crippen molar-refractivity contribution in [2.24, 2.45) is 7.05 Å². The second-order valence-corrected chi connectivity index (χ2v) is 4.84. The van der Waals surface area contributed by atoms with Crippen LogP contribution in [0.15, 0.2) is 66.9 Å². The van der Waals surface area contributed by atoms with Gasteiger partial charge in [0, 0.05) is 24.5 Å². The van der Waals surface area contributed by atoms with Crippen molar-refractivity contribution in [1.82, 2.24) is 4.57 Å². The molecule has 1 heterocycles. The van der Waals surface area contributed by atoms with Gasteiger partial charge in [0.2, 0.25) is 0 Å². The maximum absolute atomic E-state index is 2.20. The monoisotopic (exact) mass is 247 g/mol. The molecule has 0 bridgehead atoms. The van der Waals surface area contributed by atoms with E-state index in [1.165, 1.54) is 27.9 Å². The van der Waals surface area contributed by atoms with Crippen molar-refractivity contribution in [3.8, 4) is 22.3 Å². The molecule has 0 saturated heterocycles. The number of rotatable bonds is 2. The molecule has 94 valence electrons. The molecular formula is C18H17N. The van der Waals surface area contributed by atoms with Gasteiger partial charge in [-0.1, -0.05) is 54.6 Å². The van der Waals surface area contributed by atoms with E-state index >= 15 is 0 Å². The van der Waals surface area contributed by atoms with Crippen LogP contribution in [0, 0.1) is 6.92 Å². The number of nitrogens with zero attached hydrogens (tertiary/aromatic N) is 1. The van der Waals surface area contributed by atoms with Crippen molar-refractivity contribution in [2.75, 3.05) is 0 Å². The summed E-state index contributed by atoms with van der Waals surface area (Å²) < 4.78 is 2.16. The summed E-state index contributed by atoms with van der Waals surface area (Å²) in [6.07, 6.45) is 2.12. The first-order valence-corrected chi connectivity index (χ1v) is 6.54. The zero-order valence-electron chi connectivity index (χ0n) is 11.3. The number of benzene rings is 2. The van der Waals surface area contributed by atoms with Gasteiger partial charge in [-0.05, 0) is 29.7 Å². The Morgan fingerprint density at radius 1 is 0.684 bits per heavy atom. The molecule has 3 aromatic rings. The lowest BCUT2D eigenvalue weighted by molar-refractivity contribution is 0.883. The van der Waals surface area contributed by atoms with E-state index in [4.69, 9.17) is 0 Å². The molecule has 0 unspecified atom stereocenters. The van der Waals surface area contributed by atoms with Gasteiger partial charge < -0.3 is 4.57 Å². The molecular weight excluding hydrogens is 230 g/mol. The standard InChI is InChI=1S/C18H17N/c1-14-16(12-13-19(14)2)18-11-7-6-10-17(18)15-8-4-3-5-9-15/h3-13H,1-2H3. The molecule has 0 amide bonds. The molecule has 1 heteroatoms. The Morgan fingerprint density at radius 3 is 1.95 bits per heavy atom. The third-order valence-corrected chi connectivity index (χ3v) is 3.69. The van der Waals surface area contributed by atoms with Crippen molar-refractivity contribution < 1.29 is 0 Å². The Labute approximate surface area is 114 Å². The van der Waals surface area contributed by atoms with Gasteiger partial charge in [0.15, 0.2) is 0 Å². The number of aromatic nitrogens is 1. The second kappa shape index (κ2) is 4.77. The average molecular weight is 247 g/mol. The van der Waals surface area contributed by atoms with E-state index in [2.05, 4.69) is 85.4 Å². The number of hydrogen-bond donors (Lipinski definition) is 0. The van der Waals surface area contributed by atoms with E-state index in [9.17, 15) is 0 Å². The molecule has 0 radical (unpaired) electrons. The Balaban J connectivity index is 2.21. The summed E-state index contributed by atoms with van der Waals surface area (Å²) in [6, 6.07) is 21.3. The van der Waals surface area contributed by atoms with E-state index in [0.717, 1.165) is 0 Å². The van der Waals surface area contributed by atoms with Crippen LogP contribution in [0.25, 0.3) is 22.3 Å². The van der Waals surface area contributed by atoms with Crippen LogP contribution in [0.1, 0.15) is 5.69 Å². The van der Waals surface area contributed by atoms with Gasteiger partial charge in [0.1, 0.15) is 0 Å². The maximum Gasteiger partial charge on any atom is 0.0219 e. The lowest BCUT2D eigenvalue weighted by atomic mass is 9.95. The van der Waals surface area contributed by atoms with Crippen LogP contribution in [0.3, 0.4) is 0 Å². The smallest absolute Gasteiger partial charge is 0.0219 e. The number of hydrogen-bond acceptors (Lipinski definition) is 0. The molecule has 0 spiro atoms. The molecule has 0 atom stereocenters. The summed E-state index contributed by atoms with van der Waals surface area (Å²) in [5, 5.41) is 0. The third kappa shape index (κ3) is 2.08. The predicted molar refractivity (Wildman–Crippen MR) is 81.0 cm³/mol. The van der Waals surface area contributed by atoms with Crippen LogP contribution >= 0.6 is 0 Å². The Hall–Kier alpha value is -2.28. The first kappa shape index (κ1) is 11.8.